The minimum absolute atomic E-state index is 0.132. The minimum atomic E-state index is -0.710. The number of nitrogens with zero attached hydrogens (tertiary/aromatic N) is 1. The van der Waals surface area contributed by atoms with Gasteiger partial charge in [0, 0.05) is 12.6 Å². The van der Waals surface area contributed by atoms with E-state index in [0.29, 0.717) is 6.04 Å². The summed E-state index contributed by atoms with van der Waals surface area (Å²) in [5.41, 5.74) is 1.47. The zero-order valence-corrected chi connectivity index (χ0v) is 21.8. The van der Waals surface area contributed by atoms with Gasteiger partial charge in [-0.2, -0.15) is 0 Å². The predicted molar refractivity (Wildman–Crippen MR) is 146 cm³/mol. The normalized spacial score (nSPS) is 21.9. The predicted octanol–water partition coefficient (Wildman–Crippen LogP) is 6.28. The molecule has 3 atom stereocenters. The summed E-state index contributed by atoms with van der Waals surface area (Å²) in [6.45, 7) is 7.67. The Kier molecular flexibility index (Phi) is 11.8. The van der Waals surface area contributed by atoms with Crippen molar-refractivity contribution in [2.75, 3.05) is 19.6 Å². The number of aliphatic carboxylic acids is 1. The Morgan fingerprint density at radius 2 is 1.51 bits per heavy atom. The first kappa shape index (κ1) is 27.4. The molecule has 0 spiro atoms. The minimum Gasteiger partial charge on any atom is -0.480 e. The number of aryl methyl sites for hydroxylation is 1. The standard InChI is InChI=1S/C25H40N2O2.C6H6/c1-19(2)24(25(28)29)26-23-12-11-22(17-23)18-27-15-13-21(14-16-27)10-6-9-20-7-4-3-5-8-20;1-2-4-6-5-3-1/h3-5,7-8,19,21-24,26H,6,9-18H2,1-2H3,(H,28,29);1-6H. The first-order valence-corrected chi connectivity index (χ1v) is 13.8. The van der Waals surface area contributed by atoms with Gasteiger partial charge in [0.2, 0.25) is 0 Å². The Morgan fingerprint density at radius 3 is 2.09 bits per heavy atom. The third-order valence-electron chi connectivity index (χ3n) is 7.70. The van der Waals surface area contributed by atoms with Crippen LogP contribution in [0.2, 0.25) is 0 Å². The molecule has 4 nitrogen and oxygen atoms in total. The summed E-state index contributed by atoms with van der Waals surface area (Å²) in [6, 6.07) is 22.8. The van der Waals surface area contributed by atoms with Crippen molar-refractivity contribution in [1.82, 2.24) is 10.2 Å². The van der Waals surface area contributed by atoms with Crippen molar-refractivity contribution in [3.63, 3.8) is 0 Å². The largest absolute Gasteiger partial charge is 0.480 e. The number of carboxylic acids is 1. The summed E-state index contributed by atoms with van der Waals surface area (Å²) in [6.07, 6.45) is 10.1. The van der Waals surface area contributed by atoms with E-state index in [2.05, 4.69) is 40.5 Å². The molecule has 4 heteroatoms. The van der Waals surface area contributed by atoms with E-state index in [1.165, 1.54) is 63.7 Å². The van der Waals surface area contributed by atoms with Crippen molar-refractivity contribution in [1.29, 1.82) is 0 Å². The van der Waals surface area contributed by atoms with E-state index in [1.807, 2.05) is 50.2 Å². The van der Waals surface area contributed by atoms with Gasteiger partial charge in [0.1, 0.15) is 6.04 Å². The summed E-state index contributed by atoms with van der Waals surface area (Å²) >= 11 is 0. The highest BCUT2D eigenvalue weighted by Gasteiger charge is 2.31. The smallest absolute Gasteiger partial charge is 0.320 e. The number of carboxylic acid groups (broad SMARTS) is 1. The first-order chi connectivity index (χ1) is 17.0. The zero-order chi connectivity index (χ0) is 24.9. The van der Waals surface area contributed by atoms with Gasteiger partial charge >= 0.3 is 5.97 Å². The highest BCUT2D eigenvalue weighted by Crippen LogP contribution is 2.30. The molecule has 192 valence electrons. The molecule has 1 saturated carbocycles. The fourth-order valence-electron chi connectivity index (χ4n) is 5.64. The maximum absolute atomic E-state index is 11.4. The quantitative estimate of drug-likeness (QED) is 0.422. The van der Waals surface area contributed by atoms with Crippen LogP contribution >= 0.6 is 0 Å². The Balaban J connectivity index is 0.000000497. The second-order valence-corrected chi connectivity index (χ2v) is 10.9. The highest BCUT2D eigenvalue weighted by atomic mass is 16.4. The molecule has 2 aromatic carbocycles. The van der Waals surface area contributed by atoms with Crippen molar-refractivity contribution in [2.45, 2.75) is 77.3 Å². The van der Waals surface area contributed by atoms with Gasteiger partial charge in [0.15, 0.2) is 0 Å². The van der Waals surface area contributed by atoms with E-state index in [-0.39, 0.29) is 5.92 Å². The van der Waals surface area contributed by atoms with Gasteiger partial charge in [0.25, 0.3) is 0 Å². The van der Waals surface area contributed by atoms with Crippen LogP contribution in [0.3, 0.4) is 0 Å². The van der Waals surface area contributed by atoms with Gasteiger partial charge in [-0.05, 0) is 81.4 Å². The molecule has 0 radical (unpaired) electrons. The van der Waals surface area contributed by atoms with Crippen LogP contribution in [0.4, 0.5) is 0 Å². The van der Waals surface area contributed by atoms with Crippen molar-refractivity contribution in [3.05, 3.63) is 72.3 Å². The fourth-order valence-corrected chi connectivity index (χ4v) is 5.64. The number of hydrogen-bond acceptors (Lipinski definition) is 3. The van der Waals surface area contributed by atoms with E-state index in [1.54, 1.807) is 0 Å². The Morgan fingerprint density at radius 1 is 0.914 bits per heavy atom. The third-order valence-corrected chi connectivity index (χ3v) is 7.70. The number of carbonyl (C=O) groups is 1. The number of rotatable bonds is 10. The van der Waals surface area contributed by atoms with Crippen LogP contribution in [0.25, 0.3) is 0 Å². The van der Waals surface area contributed by atoms with Crippen molar-refractivity contribution in [2.24, 2.45) is 17.8 Å². The van der Waals surface area contributed by atoms with E-state index >= 15 is 0 Å². The first-order valence-electron chi connectivity index (χ1n) is 13.8. The summed E-state index contributed by atoms with van der Waals surface area (Å²) in [5, 5.41) is 12.8. The maximum Gasteiger partial charge on any atom is 0.320 e. The van der Waals surface area contributed by atoms with Crippen LogP contribution in [-0.4, -0.2) is 47.7 Å². The molecule has 0 aromatic heterocycles. The lowest BCUT2D eigenvalue weighted by atomic mass is 9.90. The topological polar surface area (TPSA) is 52.6 Å². The lowest BCUT2D eigenvalue weighted by Crippen LogP contribution is -2.45. The Bertz CT molecular complexity index is 792. The molecule has 2 aliphatic rings. The summed E-state index contributed by atoms with van der Waals surface area (Å²) < 4.78 is 0. The van der Waals surface area contributed by atoms with E-state index in [4.69, 9.17) is 0 Å². The van der Waals surface area contributed by atoms with Crippen LogP contribution in [0.5, 0.6) is 0 Å². The molecule has 1 aliphatic heterocycles. The highest BCUT2D eigenvalue weighted by molar-refractivity contribution is 5.73. The summed E-state index contributed by atoms with van der Waals surface area (Å²) in [4.78, 5) is 14.1. The van der Waals surface area contributed by atoms with Crippen LogP contribution in [0.15, 0.2) is 66.7 Å². The van der Waals surface area contributed by atoms with E-state index in [9.17, 15) is 9.90 Å². The second kappa shape index (κ2) is 15.1. The second-order valence-electron chi connectivity index (χ2n) is 10.9. The van der Waals surface area contributed by atoms with Crippen molar-refractivity contribution in [3.8, 4) is 0 Å². The van der Waals surface area contributed by atoms with E-state index in [0.717, 1.165) is 24.7 Å². The number of hydrogen-bond donors (Lipinski definition) is 2. The molecule has 2 N–H and O–H groups in total. The molecule has 0 amide bonds. The summed E-state index contributed by atoms with van der Waals surface area (Å²) in [7, 11) is 0. The van der Waals surface area contributed by atoms with Crippen molar-refractivity contribution >= 4 is 5.97 Å². The number of nitrogens with one attached hydrogen (secondary N) is 1. The van der Waals surface area contributed by atoms with Gasteiger partial charge in [-0.25, -0.2) is 0 Å². The van der Waals surface area contributed by atoms with E-state index < -0.39 is 12.0 Å². The van der Waals surface area contributed by atoms with Crippen LogP contribution in [-0.2, 0) is 11.2 Å². The molecule has 1 heterocycles. The van der Waals surface area contributed by atoms with Gasteiger partial charge < -0.3 is 15.3 Å². The van der Waals surface area contributed by atoms with Crippen molar-refractivity contribution < 1.29 is 9.90 Å². The average Bonchev–Trinajstić information content (AvgIpc) is 3.32. The fraction of sp³-hybridized carbons (Fsp3) is 0.581. The monoisotopic (exact) mass is 478 g/mol. The molecular weight excluding hydrogens is 432 g/mol. The maximum atomic E-state index is 11.4. The molecule has 4 rings (SSSR count). The van der Waals surface area contributed by atoms with Gasteiger partial charge in [0.05, 0.1) is 0 Å². The van der Waals surface area contributed by atoms with Gasteiger partial charge in [-0.1, -0.05) is 87.0 Å². The van der Waals surface area contributed by atoms with Crippen LogP contribution in [0.1, 0.15) is 64.4 Å². The number of piperidine rings is 1. The lowest BCUT2D eigenvalue weighted by Gasteiger charge is -2.33. The average molecular weight is 479 g/mol. The Hall–Kier alpha value is -2.17. The molecule has 35 heavy (non-hydrogen) atoms. The molecule has 2 aromatic rings. The summed E-state index contributed by atoms with van der Waals surface area (Å²) in [5.74, 6) is 1.05. The van der Waals surface area contributed by atoms with Crippen LogP contribution < -0.4 is 5.32 Å². The van der Waals surface area contributed by atoms with Crippen LogP contribution in [0, 0.1) is 17.8 Å². The molecular formula is C31H46N2O2. The number of likely N-dealkylation sites (tertiary alicyclic amines) is 1. The van der Waals surface area contributed by atoms with Gasteiger partial charge in [-0.15, -0.1) is 0 Å². The number of benzene rings is 2. The molecule has 3 unspecified atom stereocenters. The SMILES string of the molecule is CC(C)C(NC1CCC(CN2CCC(CCCc3ccccc3)CC2)C1)C(=O)O.c1ccccc1. The molecule has 1 saturated heterocycles. The lowest BCUT2D eigenvalue weighted by molar-refractivity contribution is -0.140. The third kappa shape index (κ3) is 10.1. The molecule has 1 aliphatic carbocycles. The zero-order valence-electron chi connectivity index (χ0n) is 21.8. The van der Waals surface area contributed by atoms with Gasteiger partial charge in [-0.3, -0.25) is 4.79 Å². The Labute approximate surface area is 213 Å². The molecule has 0 bridgehead atoms. The molecule has 2 fully saturated rings.